The van der Waals surface area contributed by atoms with Gasteiger partial charge in [0.1, 0.15) is 0 Å². The molecular weight excluding hydrogens is 206 g/mol. The van der Waals surface area contributed by atoms with Gasteiger partial charge in [0.25, 0.3) is 0 Å². The van der Waals surface area contributed by atoms with Gasteiger partial charge in [-0.2, -0.15) is 11.8 Å². The zero-order valence-corrected chi connectivity index (χ0v) is 11.1. The molecule has 2 atom stereocenters. The van der Waals surface area contributed by atoms with Crippen molar-refractivity contribution >= 4 is 11.8 Å². The molecule has 0 aromatic heterocycles. The van der Waals surface area contributed by atoms with Crippen LogP contribution in [0.1, 0.15) is 33.6 Å². The summed E-state index contributed by atoms with van der Waals surface area (Å²) in [6, 6.07) is 0.521. The molecule has 90 valence electrons. The Morgan fingerprint density at radius 2 is 2.20 bits per heavy atom. The minimum Gasteiger partial charge on any atom is -0.377 e. The Labute approximate surface area is 98.5 Å². The molecular formula is C12H25NOS. The third kappa shape index (κ3) is 5.79. The summed E-state index contributed by atoms with van der Waals surface area (Å²) in [6.45, 7) is 8.85. The Bertz CT molecular complexity index is 158. The van der Waals surface area contributed by atoms with Crippen LogP contribution in [0.4, 0.5) is 0 Å². The number of ether oxygens (including phenoxy) is 1. The maximum absolute atomic E-state index is 5.64. The lowest BCUT2D eigenvalue weighted by Gasteiger charge is -2.19. The molecule has 1 heterocycles. The summed E-state index contributed by atoms with van der Waals surface area (Å²) in [4.78, 5) is 0. The highest BCUT2D eigenvalue weighted by Gasteiger charge is 2.21. The van der Waals surface area contributed by atoms with Gasteiger partial charge in [0.05, 0.1) is 6.10 Å². The van der Waals surface area contributed by atoms with Crippen LogP contribution in [0.2, 0.25) is 0 Å². The van der Waals surface area contributed by atoms with E-state index < -0.39 is 0 Å². The van der Waals surface area contributed by atoms with Crippen molar-refractivity contribution in [2.75, 3.05) is 24.7 Å². The topological polar surface area (TPSA) is 21.3 Å². The molecule has 1 saturated heterocycles. The van der Waals surface area contributed by atoms with Crippen molar-refractivity contribution < 1.29 is 4.74 Å². The molecule has 3 heteroatoms. The number of hydrogen-bond acceptors (Lipinski definition) is 3. The van der Waals surface area contributed by atoms with Crippen LogP contribution in [0, 0.1) is 5.92 Å². The van der Waals surface area contributed by atoms with Crippen LogP contribution in [-0.2, 0) is 4.74 Å². The Morgan fingerprint density at radius 3 is 2.80 bits per heavy atom. The second kappa shape index (κ2) is 7.53. The first-order chi connectivity index (χ1) is 7.20. The lowest BCUT2D eigenvalue weighted by Crippen LogP contribution is -2.38. The monoisotopic (exact) mass is 231 g/mol. The third-order valence-corrected chi connectivity index (χ3v) is 4.08. The highest BCUT2D eigenvalue weighted by atomic mass is 32.2. The van der Waals surface area contributed by atoms with Crippen molar-refractivity contribution in [1.82, 2.24) is 5.32 Å². The zero-order chi connectivity index (χ0) is 11.1. The summed E-state index contributed by atoms with van der Waals surface area (Å²) in [5, 5.41) is 3.55. The van der Waals surface area contributed by atoms with Gasteiger partial charge < -0.3 is 10.1 Å². The Balaban J connectivity index is 1.94. The van der Waals surface area contributed by atoms with Crippen molar-refractivity contribution in [3.63, 3.8) is 0 Å². The second-order valence-electron chi connectivity index (χ2n) is 4.76. The van der Waals surface area contributed by atoms with Crippen molar-refractivity contribution in [2.45, 2.75) is 45.8 Å². The molecule has 0 saturated carbocycles. The molecule has 0 spiro atoms. The average molecular weight is 231 g/mol. The van der Waals surface area contributed by atoms with Gasteiger partial charge in [0, 0.05) is 24.9 Å². The van der Waals surface area contributed by atoms with E-state index in [-0.39, 0.29) is 0 Å². The molecule has 0 bridgehead atoms. The number of hydrogen-bond donors (Lipinski definition) is 1. The van der Waals surface area contributed by atoms with E-state index in [2.05, 4.69) is 26.1 Å². The van der Waals surface area contributed by atoms with Crippen LogP contribution in [0.15, 0.2) is 0 Å². The molecule has 1 N–H and O–H groups in total. The van der Waals surface area contributed by atoms with Crippen molar-refractivity contribution in [3.8, 4) is 0 Å². The van der Waals surface area contributed by atoms with Gasteiger partial charge in [-0.25, -0.2) is 0 Å². The summed E-state index contributed by atoms with van der Waals surface area (Å²) in [5.74, 6) is 3.30. The SMILES string of the molecule is CC(C)CSCCNC(C)C1CCCO1. The van der Waals surface area contributed by atoms with E-state index in [1.54, 1.807) is 0 Å². The molecule has 1 fully saturated rings. The minimum absolute atomic E-state index is 0.458. The minimum atomic E-state index is 0.458. The molecule has 0 aromatic rings. The summed E-state index contributed by atoms with van der Waals surface area (Å²) in [6.07, 6.45) is 2.92. The van der Waals surface area contributed by atoms with Gasteiger partial charge in [0.15, 0.2) is 0 Å². The Hall–Kier alpha value is 0.270. The molecule has 2 unspecified atom stereocenters. The van der Waals surface area contributed by atoms with E-state index >= 15 is 0 Å². The fraction of sp³-hybridized carbons (Fsp3) is 1.00. The summed E-state index contributed by atoms with van der Waals surface area (Å²) in [5.41, 5.74) is 0. The number of thioether (sulfide) groups is 1. The largest absolute Gasteiger partial charge is 0.377 e. The molecule has 0 amide bonds. The Kier molecular flexibility index (Phi) is 6.69. The highest BCUT2D eigenvalue weighted by molar-refractivity contribution is 7.99. The van der Waals surface area contributed by atoms with Crippen molar-refractivity contribution in [1.29, 1.82) is 0 Å². The fourth-order valence-electron chi connectivity index (χ4n) is 1.81. The third-order valence-electron chi connectivity index (χ3n) is 2.69. The summed E-state index contributed by atoms with van der Waals surface area (Å²) in [7, 11) is 0. The molecule has 1 aliphatic rings. The van der Waals surface area contributed by atoms with E-state index in [9.17, 15) is 0 Å². The van der Waals surface area contributed by atoms with Gasteiger partial charge in [-0.05, 0) is 31.4 Å². The van der Waals surface area contributed by atoms with Gasteiger partial charge in [-0.3, -0.25) is 0 Å². The van der Waals surface area contributed by atoms with E-state index in [0.29, 0.717) is 12.1 Å². The lowest BCUT2D eigenvalue weighted by molar-refractivity contribution is 0.0844. The molecule has 0 aromatic carbocycles. The molecule has 15 heavy (non-hydrogen) atoms. The fourth-order valence-corrected chi connectivity index (χ4v) is 2.71. The number of nitrogens with one attached hydrogen (secondary N) is 1. The van der Waals surface area contributed by atoms with Gasteiger partial charge in [-0.1, -0.05) is 13.8 Å². The lowest BCUT2D eigenvalue weighted by atomic mass is 10.1. The van der Waals surface area contributed by atoms with Crippen LogP contribution in [0.25, 0.3) is 0 Å². The molecule has 2 nitrogen and oxygen atoms in total. The molecule has 1 aliphatic heterocycles. The van der Waals surface area contributed by atoms with Crippen molar-refractivity contribution in [2.24, 2.45) is 5.92 Å². The molecule has 1 rings (SSSR count). The van der Waals surface area contributed by atoms with Crippen LogP contribution in [-0.4, -0.2) is 36.8 Å². The van der Waals surface area contributed by atoms with Gasteiger partial charge in [-0.15, -0.1) is 0 Å². The second-order valence-corrected chi connectivity index (χ2v) is 5.91. The normalized spacial score (nSPS) is 23.6. The van der Waals surface area contributed by atoms with E-state index in [1.807, 2.05) is 11.8 Å². The quantitative estimate of drug-likeness (QED) is 0.680. The standard InChI is InChI=1S/C12H25NOS/c1-10(2)9-15-8-6-13-11(3)12-5-4-7-14-12/h10-13H,4-9H2,1-3H3. The summed E-state index contributed by atoms with van der Waals surface area (Å²) < 4.78 is 5.64. The van der Waals surface area contributed by atoms with E-state index in [1.165, 1.54) is 24.3 Å². The maximum Gasteiger partial charge on any atom is 0.0726 e. The maximum atomic E-state index is 5.64. The van der Waals surface area contributed by atoms with E-state index in [0.717, 1.165) is 19.1 Å². The van der Waals surface area contributed by atoms with Crippen LogP contribution in [0.5, 0.6) is 0 Å². The van der Waals surface area contributed by atoms with E-state index in [4.69, 9.17) is 4.74 Å². The van der Waals surface area contributed by atoms with Crippen LogP contribution >= 0.6 is 11.8 Å². The zero-order valence-electron chi connectivity index (χ0n) is 10.3. The van der Waals surface area contributed by atoms with Gasteiger partial charge in [0.2, 0.25) is 0 Å². The Morgan fingerprint density at radius 1 is 1.40 bits per heavy atom. The first-order valence-corrected chi connectivity index (χ1v) is 7.28. The van der Waals surface area contributed by atoms with Crippen LogP contribution < -0.4 is 5.32 Å². The predicted octanol–water partition coefficient (Wildman–Crippen LogP) is 2.53. The highest BCUT2D eigenvalue weighted by Crippen LogP contribution is 2.15. The van der Waals surface area contributed by atoms with Crippen molar-refractivity contribution in [3.05, 3.63) is 0 Å². The summed E-state index contributed by atoms with van der Waals surface area (Å²) >= 11 is 2.04. The van der Waals surface area contributed by atoms with Gasteiger partial charge >= 0.3 is 0 Å². The van der Waals surface area contributed by atoms with Crippen LogP contribution in [0.3, 0.4) is 0 Å². The average Bonchev–Trinajstić information content (AvgIpc) is 2.69. The molecule has 0 radical (unpaired) electrons. The predicted molar refractivity (Wildman–Crippen MR) is 68.6 cm³/mol. The smallest absolute Gasteiger partial charge is 0.0726 e. The first kappa shape index (κ1) is 13.3. The molecule has 0 aliphatic carbocycles. The first-order valence-electron chi connectivity index (χ1n) is 6.13. The number of rotatable bonds is 7.